The molecule has 0 heterocycles. The van der Waals surface area contributed by atoms with E-state index in [1.54, 1.807) is 18.2 Å². The van der Waals surface area contributed by atoms with Crippen LogP contribution in [-0.2, 0) is 4.79 Å². The molecule has 0 unspecified atom stereocenters. The van der Waals surface area contributed by atoms with Gasteiger partial charge in [-0.05, 0) is 38.1 Å². The molecule has 0 bridgehead atoms. The molecule has 0 aromatic heterocycles. The molecule has 1 amide bonds. The minimum Gasteiger partial charge on any atom is -0.504 e. The van der Waals surface area contributed by atoms with Gasteiger partial charge in [0.1, 0.15) is 0 Å². The number of para-hydroxylation sites is 1. The summed E-state index contributed by atoms with van der Waals surface area (Å²) in [7, 11) is 0. The molecule has 2 rings (SSSR count). The van der Waals surface area contributed by atoms with Crippen molar-refractivity contribution < 1.29 is 14.6 Å². The Hall–Kier alpha value is -3.02. The largest absolute Gasteiger partial charge is 0.504 e. The number of phenols is 1. The minimum atomic E-state index is -0.285. The van der Waals surface area contributed by atoms with E-state index in [0.29, 0.717) is 17.9 Å². The number of nitrogens with zero attached hydrogens (tertiary/aromatic N) is 1. The molecule has 0 aliphatic heterocycles. The fourth-order valence-electron chi connectivity index (χ4n) is 1.98. The SMILES string of the molecule is CCOc1cccc(C=NNC(=O)CNc2ccc(C)cc2)c1O. The number of benzene rings is 2. The van der Waals surface area contributed by atoms with Gasteiger partial charge in [-0.25, -0.2) is 5.43 Å². The van der Waals surface area contributed by atoms with Crippen LogP contribution in [0.3, 0.4) is 0 Å². The number of rotatable bonds is 7. The standard InChI is InChI=1S/C18H21N3O3/c1-3-24-16-6-4-5-14(18(16)23)11-20-21-17(22)12-19-15-9-7-13(2)8-10-15/h4-11,19,23H,3,12H2,1-2H3,(H,21,22). The van der Waals surface area contributed by atoms with Crippen LogP contribution in [0.2, 0.25) is 0 Å². The molecule has 24 heavy (non-hydrogen) atoms. The first-order chi connectivity index (χ1) is 11.6. The molecule has 126 valence electrons. The van der Waals surface area contributed by atoms with E-state index in [4.69, 9.17) is 4.74 Å². The third-order valence-corrected chi connectivity index (χ3v) is 3.23. The normalized spacial score (nSPS) is 10.6. The highest BCUT2D eigenvalue weighted by Gasteiger charge is 2.06. The fraction of sp³-hybridized carbons (Fsp3) is 0.222. The fourth-order valence-corrected chi connectivity index (χ4v) is 1.98. The van der Waals surface area contributed by atoms with Crippen LogP contribution < -0.4 is 15.5 Å². The topological polar surface area (TPSA) is 83.0 Å². The van der Waals surface area contributed by atoms with Gasteiger partial charge < -0.3 is 15.2 Å². The summed E-state index contributed by atoms with van der Waals surface area (Å²) in [6, 6.07) is 12.8. The summed E-state index contributed by atoms with van der Waals surface area (Å²) in [5, 5.41) is 16.9. The number of carbonyl (C=O) groups excluding carboxylic acids is 1. The quantitative estimate of drug-likeness (QED) is 0.539. The zero-order valence-electron chi connectivity index (χ0n) is 13.7. The molecule has 0 aliphatic carbocycles. The summed E-state index contributed by atoms with van der Waals surface area (Å²) < 4.78 is 5.29. The summed E-state index contributed by atoms with van der Waals surface area (Å²) in [6.07, 6.45) is 1.38. The van der Waals surface area contributed by atoms with Crippen molar-refractivity contribution in [3.8, 4) is 11.5 Å². The molecule has 0 fully saturated rings. The number of aryl methyl sites for hydroxylation is 1. The summed E-state index contributed by atoms with van der Waals surface area (Å²) in [5.74, 6) is 0.0937. The molecule has 0 atom stereocenters. The molecule has 3 N–H and O–H groups in total. The van der Waals surface area contributed by atoms with Crippen molar-refractivity contribution in [2.75, 3.05) is 18.5 Å². The van der Waals surface area contributed by atoms with Crippen molar-refractivity contribution in [2.45, 2.75) is 13.8 Å². The lowest BCUT2D eigenvalue weighted by molar-refractivity contribution is -0.119. The number of nitrogens with one attached hydrogen (secondary N) is 2. The van der Waals surface area contributed by atoms with E-state index < -0.39 is 0 Å². The van der Waals surface area contributed by atoms with Gasteiger partial charge in [0.15, 0.2) is 11.5 Å². The van der Waals surface area contributed by atoms with E-state index in [1.165, 1.54) is 6.21 Å². The Labute approximate surface area is 141 Å². The summed E-state index contributed by atoms with van der Waals surface area (Å²) in [4.78, 5) is 11.8. The highest BCUT2D eigenvalue weighted by atomic mass is 16.5. The highest BCUT2D eigenvalue weighted by molar-refractivity contribution is 5.87. The van der Waals surface area contributed by atoms with Crippen molar-refractivity contribution in [3.63, 3.8) is 0 Å². The first kappa shape index (κ1) is 17.3. The van der Waals surface area contributed by atoms with Gasteiger partial charge >= 0.3 is 0 Å². The van der Waals surface area contributed by atoms with E-state index >= 15 is 0 Å². The lowest BCUT2D eigenvalue weighted by atomic mass is 10.2. The van der Waals surface area contributed by atoms with Gasteiger partial charge in [-0.15, -0.1) is 0 Å². The Bertz CT molecular complexity index is 712. The highest BCUT2D eigenvalue weighted by Crippen LogP contribution is 2.28. The van der Waals surface area contributed by atoms with Crippen LogP contribution >= 0.6 is 0 Å². The second-order valence-corrected chi connectivity index (χ2v) is 5.14. The summed E-state index contributed by atoms with van der Waals surface area (Å²) >= 11 is 0. The number of ether oxygens (including phenoxy) is 1. The first-order valence-electron chi connectivity index (χ1n) is 7.67. The number of anilines is 1. The van der Waals surface area contributed by atoms with Crippen molar-refractivity contribution in [1.29, 1.82) is 0 Å². The number of hydrazone groups is 1. The Kier molecular flexibility index (Phi) is 6.19. The maximum Gasteiger partial charge on any atom is 0.259 e. The van der Waals surface area contributed by atoms with Gasteiger partial charge in [0.2, 0.25) is 0 Å². The Morgan fingerprint density at radius 3 is 2.71 bits per heavy atom. The molecule has 6 heteroatoms. The third-order valence-electron chi connectivity index (χ3n) is 3.23. The molecule has 2 aromatic carbocycles. The van der Waals surface area contributed by atoms with Gasteiger partial charge in [-0.1, -0.05) is 23.8 Å². The monoisotopic (exact) mass is 327 g/mol. The Morgan fingerprint density at radius 2 is 2.00 bits per heavy atom. The predicted octanol–water partition coefficient (Wildman–Crippen LogP) is 2.66. The van der Waals surface area contributed by atoms with Crippen LogP contribution in [0.5, 0.6) is 11.5 Å². The molecule has 0 spiro atoms. The minimum absolute atomic E-state index is 0.00451. The maximum absolute atomic E-state index is 11.8. The molecule has 2 aromatic rings. The smallest absolute Gasteiger partial charge is 0.259 e. The second-order valence-electron chi connectivity index (χ2n) is 5.14. The lowest BCUT2D eigenvalue weighted by Gasteiger charge is -2.07. The van der Waals surface area contributed by atoms with E-state index in [9.17, 15) is 9.90 Å². The van der Waals surface area contributed by atoms with Crippen molar-refractivity contribution in [3.05, 3.63) is 53.6 Å². The number of hydrogen-bond acceptors (Lipinski definition) is 5. The molecule has 6 nitrogen and oxygen atoms in total. The molecule has 0 saturated carbocycles. The number of amides is 1. The van der Waals surface area contributed by atoms with Crippen LogP contribution in [0.1, 0.15) is 18.1 Å². The van der Waals surface area contributed by atoms with Gasteiger partial charge in [-0.3, -0.25) is 4.79 Å². The number of phenolic OH excluding ortho intramolecular Hbond substituents is 1. The van der Waals surface area contributed by atoms with Gasteiger partial charge in [0, 0.05) is 11.3 Å². The van der Waals surface area contributed by atoms with E-state index in [-0.39, 0.29) is 18.2 Å². The second kappa shape index (κ2) is 8.57. The first-order valence-corrected chi connectivity index (χ1v) is 7.67. The molecular weight excluding hydrogens is 306 g/mol. The molecule has 0 radical (unpaired) electrons. The number of hydrogen-bond donors (Lipinski definition) is 3. The van der Waals surface area contributed by atoms with Crippen LogP contribution in [0.4, 0.5) is 5.69 Å². The number of carbonyl (C=O) groups is 1. The Balaban J connectivity index is 1.86. The summed E-state index contributed by atoms with van der Waals surface area (Å²) in [5.41, 5.74) is 4.89. The van der Waals surface area contributed by atoms with Crippen LogP contribution in [-0.4, -0.2) is 30.4 Å². The molecule has 0 aliphatic rings. The average molecular weight is 327 g/mol. The third kappa shape index (κ3) is 5.01. The Morgan fingerprint density at radius 1 is 1.25 bits per heavy atom. The predicted molar refractivity (Wildman–Crippen MR) is 94.7 cm³/mol. The van der Waals surface area contributed by atoms with Crippen molar-refractivity contribution >= 4 is 17.8 Å². The number of aromatic hydroxyl groups is 1. The van der Waals surface area contributed by atoms with Gasteiger partial charge in [-0.2, -0.15) is 5.10 Å². The van der Waals surface area contributed by atoms with Crippen molar-refractivity contribution in [1.82, 2.24) is 5.43 Å². The zero-order chi connectivity index (χ0) is 17.4. The van der Waals surface area contributed by atoms with Crippen LogP contribution in [0.15, 0.2) is 47.6 Å². The molecular formula is C18H21N3O3. The summed E-state index contributed by atoms with van der Waals surface area (Å²) in [6.45, 7) is 4.39. The van der Waals surface area contributed by atoms with Crippen LogP contribution in [0.25, 0.3) is 0 Å². The average Bonchev–Trinajstić information content (AvgIpc) is 2.58. The maximum atomic E-state index is 11.8. The van der Waals surface area contributed by atoms with E-state index in [1.807, 2.05) is 38.1 Å². The van der Waals surface area contributed by atoms with Gasteiger partial charge in [0.25, 0.3) is 5.91 Å². The van der Waals surface area contributed by atoms with E-state index in [2.05, 4.69) is 15.8 Å². The van der Waals surface area contributed by atoms with E-state index in [0.717, 1.165) is 11.3 Å². The van der Waals surface area contributed by atoms with Crippen molar-refractivity contribution in [2.24, 2.45) is 5.10 Å². The zero-order valence-corrected chi connectivity index (χ0v) is 13.7. The van der Waals surface area contributed by atoms with Crippen LogP contribution in [0, 0.1) is 6.92 Å². The molecule has 0 saturated heterocycles. The van der Waals surface area contributed by atoms with Gasteiger partial charge in [0.05, 0.1) is 19.4 Å². The lowest BCUT2D eigenvalue weighted by Crippen LogP contribution is -2.25.